The van der Waals surface area contributed by atoms with Gasteiger partial charge in [0.15, 0.2) is 40.5 Å². The highest BCUT2D eigenvalue weighted by molar-refractivity contribution is 6.09. The molecule has 6 heteroatoms. The van der Waals surface area contributed by atoms with Crippen molar-refractivity contribution in [3.8, 4) is 85.1 Å². The third-order valence-electron chi connectivity index (χ3n) is 12.1. The van der Waals surface area contributed by atoms with Gasteiger partial charge < -0.3 is 14.0 Å². The molecule has 10 aromatic rings. The highest BCUT2D eigenvalue weighted by Gasteiger charge is 2.39. The summed E-state index contributed by atoms with van der Waals surface area (Å²) in [7, 11) is 0. The molecule has 8 aromatic carbocycles. The molecule has 6 nitrogen and oxygen atoms in total. The van der Waals surface area contributed by atoms with Crippen LogP contribution in [-0.4, -0.2) is 19.5 Å². The summed E-state index contributed by atoms with van der Waals surface area (Å²) in [6, 6.07) is 63.0. The van der Waals surface area contributed by atoms with Crippen molar-refractivity contribution in [1.29, 1.82) is 0 Å². The predicted molar refractivity (Wildman–Crippen MR) is 240 cm³/mol. The van der Waals surface area contributed by atoms with Crippen LogP contribution in [-0.2, 0) is 5.41 Å². The molecule has 0 radical (unpaired) electrons. The van der Waals surface area contributed by atoms with Gasteiger partial charge in [-0.15, -0.1) is 0 Å². The molecule has 284 valence electrons. The monoisotopic (exact) mass is 772 g/mol. The third-order valence-corrected chi connectivity index (χ3v) is 12.1. The Morgan fingerprint density at radius 3 is 1.73 bits per heavy atom. The fraction of sp³-hybridized carbons (Fsp3) is 0.0556. The normalized spacial score (nSPS) is 13.2. The zero-order valence-electron chi connectivity index (χ0n) is 32.9. The van der Waals surface area contributed by atoms with Crippen molar-refractivity contribution in [2.75, 3.05) is 0 Å². The summed E-state index contributed by atoms with van der Waals surface area (Å²) in [6.45, 7) is 4.54. The fourth-order valence-corrected chi connectivity index (χ4v) is 9.15. The van der Waals surface area contributed by atoms with Gasteiger partial charge in [-0.1, -0.05) is 135 Å². The van der Waals surface area contributed by atoms with E-state index in [9.17, 15) is 0 Å². The molecule has 0 fully saturated rings. The molecule has 2 aromatic heterocycles. The molecule has 0 spiro atoms. The van der Waals surface area contributed by atoms with Gasteiger partial charge >= 0.3 is 0 Å². The number of para-hydroxylation sites is 2. The summed E-state index contributed by atoms with van der Waals surface area (Å²) in [5.41, 5.74) is 12.8. The van der Waals surface area contributed by atoms with Crippen LogP contribution in [0.15, 0.2) is 182 Å². The molecule has 1 aliphatic carbocycles. The molecule has 0 bridgehead atoms. The van der Waals surface area contributed by atoms with Gasteiger partial charge in [-0.3, -0.25) is 0 Å². The van der Waals surface area contributed by atoms with Gasteiger partial charge in [-0.25, -0.2) is 15.0 Å². The van der Waals surface area contributed by atoms with E-state index in [0.29, 0.717) is 34.7 Å². The topological polar surface area (TPSA) is 62.1 Å². The molecule has 0 saturated carbocycles. The van der Waals surface area contributed by atoms with Crippen molar-refractivity contribution in [2.45, 2.75) is 19.3 Å². The van der Waals surface area contributed by atoms with E-state index in [1.54, 1.807) is 0 Å². The number of hydrogen-bond donors (Lipinski definition) is 0. The minimum atomic E-state index is -0.125. The van der Waals surface area contributed by atoms with Crippen molar-refractivity contribution >= 4 is 21.8 Å². The smallest absolute Gasteiger partial charge is 0.178 e. The van der Waals surface area contributed by atoms with E-state index < -0.39 is 0 Å². The van der Waals surface area contributed by atoms with Gasteiger partial charge in [0, 0.05) is 44.1 Å². The molecule has 2 aliphatic rings. The van der Waals surface area contributed by atoms with E-state index in [-0.39, 0.29) is 5.41 Å². The zero-order valence-corrected chi connectivity index (χ0v) is 32.9. The van der Waals surface area contributed by atoms with Gasteiger partial charge in [0.2, 0.25) is 0 Å². The van der Waals surface area contributed by atoms with E-state index >= 15 is 0 Å². The van der Waals surface area contributed by atoms with Gasteiger partial charge in [-0.05, 0) is 88.5 Å². The number of benzene rings is 8. The highest BCUT2D eigenvalue weighted by Crippen LogP contribution is 2.58. The van der Waals surface area contributed by atoms with Crippen molar-refractivity contribution < 1.29 is 9.47 Å². The van der Waals surface area contributed by atoms with Gasteiger partial charge in [0.05, 0.1) is 11.0 Å². The SMILES string of the molecule is CC1(C)c2ccccc2-c2c1ccc1c2Oc2ccc(-c3cccc(-c4nc(-c5ccccc5)nc(-c5ccc(-n6c7ccccc7c7ccccc76)cc5)n4)c3)cc2O1. The molecule has 0 N–H and O–H groups in total. The zero-order chi connectivity index (χ0) is 40.0. The summed E-state index contributed by atoms with van der Waals surface area (Å²) in [6.07, 6.45) is 0. The quantitative estimate of drug-likeness (QED) is 0.174. The second kappa shape index (κ2) is 13.1. The number of ether oxygens (including phenoxy) is 2. The van der Waals surface area contributed by atoms with Crippen LogP contribution in [0.1, 0.15) is 25.0 Å². The molecule has 0 unspecified atom stereocenters. The highest BCUT2D eigenvalue weighted by atomic mass is 16.6. The molecule has 0 atom stereocenters. The van der Waals surface area contributed by atoms with Gasteiger partial charge in [0.25, 0.3) is 0 Å². The average molecular weight is 773 g/mol. The van der Waals surface area contributed by atoms with Crippen LogP contribution in [0, 0.1) is 0 Å². The number of hydrogen-bond acceptors (Lipinski definition) is 5. The van der Waals surface area contributed by atoms with Crippen LogP contribution in [0.25, 0.3) is 83.9 Å². The lowest BCUT2D eigenvalue weighted by Gasteiger charge is -2.25. The predicted octanol–water partition coefficient (Wildman–Crippen LogP) is 13.8. The van der Waals surface area contributed by atoms with Crippen LogP contribution >= 0.6 is 0 Å². The molecule has 3 heterocycles. The van der Waals surface area contributed by atoms with Crippen LogP contribution in [0.4, 0.5) is 0 Å². The summed E-state index contributed by atoms with van der Waals surface area (Å²) in [4.78, 5) is 15.2. The maximum atomic E-state index is 6.68. The first kappa shape index (κ1) is 34.2. The maximum Gasteiger partial charge on any atom is 0.178 e. The van der Waals surface area contributed by atoms with Crippen molar-refractivity contribution in [2.24, 2.45) is 0 Å². The first-order chi connectivity index (χ1) is 29.5. The Hall–Kier alpha value is -7.83. The van der Waals surface area contributed by atoms with Crippen LogP contribution < -0.4 is 9.47 Å². The number of nitrogens with zero attached hydrogens (tertiary/aromatic N) is 4. The molecule has 12 rings (SSSR count). The lowest BCUT2D eigenvalue weighted by Crippen LogP contribution is -2.15. The molecular weight excluding hydrogens is 737 g/mol. The Morgan fingerprint density at radius 1 is 0.417 bits per heavy atom. The van der Waals surface area contributed by atoms with Crippen molar-refractivity contribution in [3.05, 3.63) is 193 Å². The summed E-state index contributed by atoms with van der Waals surface area (Å²) >= 11 is 0. The van der Waals surface area contributed by atoms with Crippen molar-refractivity contribution in [1.82, 2.24) is 19.5 Å². The number of fused-ring (bicyclic) bond motifs is 9. The lowest BCUT2D eigenvalue weighted by molar-refractivity contribution is 0.360. The molecule has 0 amide bonds. The maximum absolute atomic E-state index is 6.68. The number of aromatic nitrogens is 4. The Kier molecular flexibility index (Phi) is 7.47. The Bertz CT molecular complexity index is 3300. The summed E-state index contributed by atoms with van der Waals surface area (Å²) in [5, 5.41) is 2.46. The van der Waals surface area contributed by atoms with Gasteiger partial charge in [-0.2, -0.15) is 0 Å². The van der Waals surface area contributed by atoms with Crippen LogP contribution in [0.5, 0.6) is 23.0 Å². The second-order valence-corrected chi connectivity index (χ2v) is 16.0. The Labute approximate surface area is 347 Å². The molecule has 0 saturated heterocycles. The second-order valence-electron chi connectivity index (χ2n) is 16.0. The van der Waals surface area contributed by atoms with E-state index in [1.165, 1.54) is 38.5 Å². The largest absolute Gasteiger partial charge is 0.449 e. The third kappa shape index (κ3) is 5.31. The van der Waals surface area contributed by atoms with Crippen molar-refractivity contribution in [3.63, 3.8) is 0 Å². The van der Waals surface area contributed by atoms with E-state index in [2.05, 4.69) is 152 Å². The average Bonchev–Trinajstić information content (AvgIpc) is 3.77. The fourth-order valence-electron chi connectivity index (χ4n) is 9.15. The molecule has 1 aliphatic heterocycles. The lowest BCUT2D eigenvalue weighted by atomic mass is 9.82. The van der Waals surface area contributed by atoms with E-state index in [0.717, 1.165) is 44.8 Å². The van der Waals surface area contributed by atoms with Crippen LogP contribution in [0.3, 0.4) is 0 Å². The van der Waals surface area contributed by atoms with Gasteiger partial charge in [0.1, 0.15) is 0 Å². The molecule has 60 heavy (non-hydrogen) atoms. The summed E-state index contributed by atoms with van der Waals surface area (Å²) in [5.74, 6) is 4.67. The van der Waals surface area contributed by atoms with E-state index in [4.69, 9.17) is 24.4 Å². The van der Waals surface area contributed by atoms with Crippen LogP contribution in [0.2, 0.25) is 0 Å². The van der Waals surface area contributed by atoms with E-state index in [1.807, 2.05) is 48.5 Å². The Balaban J connectivity index is 0.901. The minimum Gasteiger partial charge on any atom is -0.449 e. The number of rotatable bonds is 5. The Morgan fingerprint density at radius 2 is 0.983 bits per heavy atom. The first-order valence-corrected chi connectivity index (χ1v) is 20.3. The first-order valence-electron chi connectivity index (χ1n) is 20.3. The summed E-state index contributed by atoms with van der Waals surface area (Å²) < 4.78 is 15.6. The minimum absolute atomic E-state index is 0.125. The standard InChI is InChI=1S/C54H36N4O2/c1-54(2)42-20-9-6-19-41(42)49-43(54)28-30-47-50(49)60-46-29-25-36(32-48(46)59-47)35-15-12-16-37(31-35)53-56-51(33-13-4-3-5-14-33)55-52(57-53)34-23-26-38(27-24-34)58-44-21-10-7-17-39(44)40-18-8-11-22-45(40)58/h3-32H,1-2H3. The molecular formula is C54H36N4O2.